The first-order chi connectivity index (χ1) is 10.2. The van der Waals surface area contributed by atoms with E-state index >= 15 is 0 Å². The zero-order chi connectivity index (χ0) is 14.8. The van der Waals surface area contributed by atoms with Crippen LogP contribution in [0.15, 0.2) is 42.5 Å². The minimum atomic E-state index is 0.801. The number of aromatic nitrogens is 1. The van der Waals surface area contributed by atoms with E-state index in [9.17, 15) is 0 Å². The lowest BCUT2D eigenvalue weighted by atomic mass is 10.1. The molecule has 3 nitrogen and oxygen atoms in total. The number of nitrogens with zero attached hydrogens (tertiary/aromatic N) is 1. The third-order valence-corrected chi connectivity index (χ3v) is 3.99. The molecule has 3 aromatic rings. The number of hydrogen-bond acceptors (Lipinski definition) is 2. The van der Waals surface area contributed by atoms with Gasteiger partial charge in [0.2, 0.25) is 11.0 Å². The Morgan fingerprint density at radius 2 is 1.38 bits per heavy atom. The summed E-state index contributed by atoms with van der Waals surface area (Å²) in [4.78, 5) is 0. The number of fused-ring (bicyclic) bond motifs is 2. The molecule has 0 radical (unpaired) electrons. The fourth-order valence-corrected chi connectivity index (χ4v) is 2.89. The van der Waals surface area contributed by atoms with E-state index in [1.54, 1.807) is 0 Å². The zero-order valence-electron chi connectivity index (χ0n) is 12.5. The van der Waals surface area contributed by atoms with Crippen LogP contribution in [0.4, 0.5) is 11.4 Å². The number of anilines is 2. The average Bonchev–Trinajstić information content (AvgIpc) is 2.47. The molecular formula is C18H22N3+. The summed E-state index contributed by atoms with van der Waals surface area (Å²) < 4.78 is 2.35. The summed E-state index contributed by atoms with van der Waals surface area (Å²) in [6.45, 7) is 3.22. The second-order valence-electron chi connectivity index (χ2n) is 5.64. The summed E-state index contributed by atoms with van der Waals surface area (Å²) in [7, 11) is 0. The summed E-state index contributed by atoms with van der Waals surface area (Å²) in [6.07, 6.45) is 3.61. The van der Waals surface area contributed by atoms with Crippen LogP contribution < -0.4 is 16.0 Å². The van der Waals surface area contributed by atoms with Crippen molar-refractivity contribution in [3.05, 3.63) is 42.5 Å². The van der Waals surface area contributed by atoms with Crippen molar-refractivity contribution in [1.82, 2.24) is 0 Å². The number of pyridine rings is 1. The van der Waals surface area contributed by atoms with Crippen LogP contribution in [0.3, 0.4) is 0 Å². The summed E-state index contributed by atoms with van der Waals surface area (Å²) in [5.41, 5.74) is 15.9. The molecule has 0 atom stereocenters. The second kappa shape index (κ2) is 5.60. The van der Waals surface area contributed by atoms with Gasteiger partial charge >= 0.3 is 0 Å². The molecule has 2 aromatic carbocycles. The molecule has 0 unspecified atom stereocenters. The average molecular weight is 280 g/mol. The van der Waals surface area contributed by atoms with E-state index in [4.69, 9.17) is 11.5 Å². The van der Waals surface area contributed by atoms with Gasteiger partial charge in [0.25, 0.3) is 0 Å². The molecule has 3 heteroatoms. The SMILES string of the molecule is CCCCC[n+]1c2cc(N)ccc2cc2ccc(N)cc21. The Bertz CT molecular complexity index is 733. The van der Waals surface area contributed by atoms with Gasteiger partial charge in [0.05, 0.1) is 0 Å². The molecule has 0 saturated heterocycles. The molecule has 0 amide bonds. The minimum absolute atomic E-state index is 0.801. The Kier molecular flexibility index (Phi) is 3.65. The Hall–Kier alpha value is -2.29. The van der Waals surface area contributed by atoms with Gasteiger partial charge in [-0.1, -0.05) is 13.3 Å². The highest BCUT2D eigenvalue weighted by Gasteiger charge is 2.15. The van der Waals surface area contributed by atoms with E-state index < -0.39 is 0 Å². The normalized spacial score (nSPS) is 11.3. The van der Waals surface area contributed by atoms with Gasteiger partial charge in [0.15, 0.2) is 0 Å². The van der Waals surface area contributed by atoms with Gasteiger partial charge in [0.1, 0.15) is 6.54 Å². The van der Waals surface area contributed by atoms with E-state index in [1.165, 1.54) is 41.1 Å². The summed E-state index contributed by atoms with van der Waals surface area (Å²) in [5.74, 6) is 0. The van der Waals surface area contributed by atoms with Gasteiger partial charge in [0, 0.05) is 40.7 Å². The van der Waals surface area contributed by atoms with Crippen LogP contribution in [0, 0.1) is 0 Å². The molecule has 0 aliphatic heterocycles. The predicted molar refractivity (Wildman–Crippen MR) is 90.0 cm³/mol. The Morgan fingerprint density at radius 1 is 0.810 bits per heavy atom. The number of nitrogens with two attached hydrogens (primary N) is 2. The Labute approximate surface area is 125 Å². The van der Waals surface area contributed by atoms with Crippen molar-refractivity contribution >= 4 is 33.2 Å². The van der Waals surface area contributed by atoms with Gasteiger partial charge in [-0.15, -0.1) is 0 Å². The van der Waals surface area contributed by atoms with Crippen LogP contribution in [0.5, 0.6) is 0 Å². The van der Waals surface area contributed by atoms with E-state index in [2.05, 4.69) is 41.8 Å². The van der Waals surface area contributed by atoms with Gasteiger partial charge in [-0.25, -0.2) is 0 Å². The molecule has 21 heavy (non-hydrogen) atoms. The highest BCUT2D eigenvalue weighted by molar-refractivity contribution is 5.91. The van der Waals surface area contributed by atoms with Crippen LogP contribution in [-0.2, 0) is 6.54 Å². The minimum Gasteiger partial charge on any atom is -0.399 e. The highest BCUT2D eigenvalue weighted by atomic mass is 15.0. The maximum absolute atomic E-state index is 5.98. The van der Waals surface area contributed by atoms with Crippen LogP contribution in [0.2, 0.25) is 0 Å². The molecule has 0 aliphatic carbocycles. The number of benzene rings is 2. The van der Waals surface area contributed by atoms with Crippen molar-refractivity contribution in [1.29, 1.82) is 0 Å². The van der Waals surface area contributed by atoms with Gasteiger partial charge in [-0.05, 0) is 36.8 Å². The molecule has 0 saturated carbocycles. The van der Waals surface area contributed by atoms with Crippen LogP contribution in [0.25, 0.3) is 21.8 Å². The Morgan fingerprint density at radius 3 is 1.90 bits per heavy atom. The summed E-state index contributed by atoms with van der Waals surface area (Å²) in [5, 5.41) is 2.44. The lowest BCUT2D eigenvalue weighted by Crippen LogP contribution is -2.35. The third kappa shape index (κ3) is 2.64. The van der Waals surface area contributed by atoms with Gasteiger partial charge in [-0.2, -0.15) is 4.57 Å². The largest absolute Gasteiger partial charge is 0.399 e. The van der Waals surface area contributed by atoms with E-state index in [-0.39, 0.29) is 0 Å². The molecule has 4 N–H and O–H groups in total. The summed E-state index contributed by atoms with van der Waals surface area (Å²) in [6, 6.07) is 14.4. The molecule has 0 fully saturated rings. The van der Waals surface area contributed by atoms with Gasteiger partial charge in [-0.3, -0.25) is 0 Å². The first-order valence-corrected chi connectivity index (χ1v) is 7.60. The number of aryl methyl sites for hydroxylation is 1. The van der Waals surface area contributed by atoms with Crippen LogP contribution >= 0.6 is 0 Å². The van der Waals surface area contributed by atoms with Crippen molar-refractivity contribution < 1.29 is 4.57 Å². The maximum Gasteiger partial charge on any atom is 0.215 e. The molecule has 108 valence electrons. The Balaban J connectivity index is 2.27. The first kappa shape index (κ1) is 13.7. The lowest BCUT2D eigenvalue weighted by molar-refractivity contribution is -0.645. The van der Waals surface area contributed by atoms with Crippen LogP contribution in [-0.4, -0.2) is 0 Å². The van der Waals surface area contributed by atoms with Crippen molar-refractivity contribution in [3.63, 3.8) is 0 Å². The lowest BCUT2D eigenvalue weighted by Gasteiger charge is -2.07. The topological polar surface area (TPSA) is 55.9 Å². The van der Waals surface area contributed by atoms with Crippen molar-refractivity contribution in [2.75, 3.05) is 11.5 Å². The molecular weight excluding hydrogens is 258 g/mol. The van der Waals surface area contributed by atoms with E-state index in [0.717, 1.165) is 17.9 Å². The zero-order valence-corrected chi connectivity index (χ0v) is 12.5. The maximum atomic E-state index is 5.98. The number of rotatable bonds is 4. The number of hydrogen-bond donors (Lipinski definition) is 2. The highest BCUT2D eigenvalue weighted by Crippen LogP contribution is 2.22. The molecule has 3 rings (SSSR count). The van der Waals surface area contributed by atoms with E-state index in [0.29, 0.717) is 0 Å². The van der Waals surface area contributed by atoms with Crippen molar-refractivity contribution in [3.8, 4) is 0 Å². The molecule has 1 heterocycles. The predicted octanol–water partition coefficient (Wildman–Crippen LogP) is 3.64. The third-order valence-electron chi connectivity index (χ3n) is 3.99. The van der Waals surface area contributed by atoms with Crippen LogP contribution in [0.1, 0.15) is 26.2 Å². The molecule has 0 spiro atoms. The van der Waals surface area contributed by atoms with Gasteiger partial charge < -0.3 is 11.5 Å². The van der Waals surface area contributed by atoms with Crippen molar-refractivity contribution in [2.45, 2.75) is 32.7 Å². The fourth-order valence-electron chi connectivity index (χ4n) is 2.89. The molecule has 1 aromatic heterocycles. The molecule has 0 bridgehead atoms. The quantitative estimate of drug-likeness (QED) is 0.332. The van der Waals surface area contributed by atoms with Crippen molar-refractivity contribution in [2.24, 2.45) is 0 Å². The number of nitrogen functional groups attached to an aromatic ring is 2. The fraction of sp³-hybridized carbons (Fsp3) is 0.278. The monoisotopic (exact) mass is 280 g/mol. The summed E-state index contributed by atoms with van der Waals surface area (Å²) >= 11 is 0. The first-order valence-electron chi connectivity index (χ1n) is 7.60. The molecule has 0 aliphatic rings. The van der Waals surface area contributed by atoms with E-state index in [1.807, 2.05) is 12.1 Å². The number of unbranched alkanes of at least 4 members (excludes halogenated alkanes) is 2. The smallest absolute Gasteiger partial charge is 0.215 e. The second-order valence-corrected chi connectivity index (χ2v) is 5.64. The standard InChI is InChI=1S/C18H21N3/c1-2-3-4-9-21-17-11-15(19)7-5-13(17)10-14-6-8-16(20)12-18(14)21/h5-8,10-12H,2-4,9H2,1H3,(H3,19,20)/p+1.